The minimum absolute atomic E-state index is 0.107. The molecule has 1 rings (SSSR count). The number of hydrogen-bond acceptors (Lipinski definition) is 3. The van der Waals surface area contributed by atoms with E-state index in [-0.39, 0.29) is 17.1 Å². The first-order valence-electron chi connectivity index (χ1n) is 7.25. The van der Waals surface area contributed by atoms with Crippen LogP contribution in [0.4, 0.5) is 0 Å². The Morgan fingerprint density at radius 1 is 1.57 bits per heavy atom. The van der Waals surface area contributed by atoms with Crippen molar-refractivity contribution in [2.45, 2.75) is 26.3 Å². The van der Waals surface area contributed by atoms with Crippen LogP contribution in [0.5, 0.6) is 0 Å². The van der Waals surface area contributed by atoms with Crippen molar-refractivity contribution in [2.75, 3.05) is 0 Å². The van der Waals surface area contributed by atoms with Gasteiger partial charge in [0.05, 0.1) is 12.2 Å². The topological polar surface area (TPSA) is 81.6 Å². The molecule has 0 spiro atoms. The molecule has 5 nitrogen and oxygen atoms in total. The van der Waals surface area contributed by atoms with Crippen LogP contribution in [0.15, 0.2) is 48.7 Å². The summed E-state index contributed by atoms with van der Waals surface area (Å²) < 4.78 is 0. The Hall–Kier alpha value is -2.40. The summed E-state index contributed by atoms with van der Waals surface area (Å²) in [6.07, 6.45) is 12.6. The molecule has 1 atom stereocenters. The van der Waals surface area contributed by atoms with Crippen molar-refractivity contribution >= 4 is 28.8 Å². The lowest BCUT2D eigenvalue weighted by atomic mass is 10.0. The number of aromatic amines is 1. The summed E-state index contributed by atoms with van der Waals surface area (Å²) in [6, 6.07) is -0.116. The predicted octanol–water partition coefficient (Wildman–Crippen LogP) is 3.84. The van der Waals surface area contributed by atoms with E-state index in [1.165, 1.54) is 18.3 Å². The molecule has 1 unspecified atom stereocenters. The number of allylic oxidation sites excluding steroid dienone is 4. The number of amides is 1. The standard InChI is InChI=1S/C17H21ClN4O/c1-4-7-12(8-5-2)13(6-3)22-17(23)14-11-20-16(21-14)10-9-15(18)19/h4-5,7-11,13,19H,1,6H2,2-3H3,(H,20,21)(H,22,23)/b8-5-,10-9-,12-7+,19-15?. The molecule has 1 aromatic rings. The maximum atomic E-state index is 12.3. The highest BCUT2D eigenvalue weighted by Gasteiger charge is 2.16. The molecule has 23 heavy (non-hydrogen) atoms. The molecule has 122 valence electrons. The number of nitrogens with zero attached hydrogens (tertiary/aromatic N) is 1. The van der Waals surface area contributed by atoms with Crippen LogP contribution in [0.3, 0.4) is 0 Å². The number of halogens is 1. The van der Waals surface area contributed by atoms with Crippen molar-refractivity contribution in [2.24, 2.45) is 0 Å². The van der Waals surface area contributed by atoms with Gasteiger partial charge in [-0.15, -0.1) is 0 Å². The van der Waals surface area contributed by atoms with E-state index >= 15 is 0 Å². The molecule has 0 fully saturated rings. The van der Waals surface area contributed by atoms with E-state index in [1.54, 1.807) is 6.08 Å². The highest BCUT2D eigenvalue weighted by atomic mass is 35.5. The zero-order valence-electron chi connectivity index (χ0n) is 13.3. The second-order valence-corrected chi connectivity index (χ2v) is 5.11. The Kier molecular flexibility index (Phi) is 7.77. The van der Waals surface area contributed by atoms with Crippen LogP contribution in [0.25, 0.3) is 6.08 Å². The van der Waals surface area contributed by atoms with E-state index in [0.717, 1.165) is 12.0 Å². The quantitative estimate of drug-likeness (QED) is 0.499. The third-order valence-electron chi connectivity index (χ3n) is 3.01. The van der Waals surface area contributed by atoms with Crippen LogP contribution in [0, 0.1) is 5.41 Å². The summed E-state index contributed by atoms with van der Waals surface area (Å²) in [5.74, 6) is 0.216. The van der Waals surface area contributed by atoms with Crippen molar-refractivity contribution in [3.05, 3.63) is 60.2 Å². The molecule has 3 N–H and O–H groups in total. The first kappa shape index (κ1) is 18.6. The molecule has 0 bridgehead atoms. The largest absolute Gasteiger partial charge is 0.344 e. The van der Waals surface area contributed by atoms with Gasteiger partial charge in [0.15, 0.2) is 0 Å². The second-order valence-electron chi connectivity index (χ2n) is 4.70. The lowest BCUT2D eigenvalue weighted by Gasteiger charge is -2.17. The molecule has 0 aliphatic rings. The fourth-order valence-corrected chi connectivity index (χ4v) is 2.03. The highest BCUT2D eigenvalue weighted by molar-refractivity contribution is 6.67. The molecule has 0 saturated heterocycles. The predicted molar refractivity (Wildman–Crippen MR) is 95.8 cm³/mol. The van der Waals surface area contributed by atoms with Crippen LogP contribution in [-0.2, 0) is 0 Å². The Labute approximate surface area is 141 Å². The average Bonchev–Trinajstić information content (AvgIpc) is 2.99. The van der Waals surface area contributed by atoms with Crippen LogP contribution in [0.2, 0.25) is 0 Å². The molecule has 1 amide bonds. The lowest BCUT2D eigenvalue weighted by Crippen LogP contribution is -2.35. The molecule has 6 heteroatoms. The van der Waals surface area contributed by atoms with Gasteiger partial charge in [-0.25, -0.2) is 4.98 Å². The average molecular weight is 333 g/mol. The first-order valence-corrected chi connectivity index (χ1v) is 7.62. The number of nitrogens with one attached hydrogen (secondary N) is 3. The third-order valence-corrected chi connectivity index (χ3v) is 3.14. The zero-order valence-corrected chi connectivity index (χ0v) is 14.0. The molecule has 0 aliphatic heterocycles. The van der Waals surface area contributed by atoms with Crippen molar-refractivity contribution in [3.8, 4) is 0 Å². The van der Waals surface area contributed by atoms with Crippen LogP contribution in [-0.4, -0.2) is 27.1 Å². The third kappa shape index (κ3) is 6.08. The first-order chi connectivity index (χ1) is 11.0. The molecule has 0 saturated carbocycles. The Morgan fingerprint density at radius 2 is 2.30 bits per heavy atom. The van der Waals surface area contributed by atoms with Gasteiger partial charge in [-0.3, -0.25) is 10.2 Å². The van der Waals surface area contributed by atoms with Gasteiger partial charge >= 0.3 is 0 Å². The summed E-state index contributed by atoms with van der Waals surface area (Å²) in [5, 5.41) is 9.97. The number of aromatic nitrogens is 2. The number of carbonyl (C=O) groups is 1. The van der Waals surface area contributed by atoms with E-state index < -0.39 is 0 Å². The molecule has 0 aromatic carbocycles. The molecule has 1 heterocycles. The fraction of sp³-hybridized carbons (Fsp3) is 0.235. The van der Waals surface area contributed by atoms with Crippen molar-refractivity contribution < 1.29 is 4.79 Å². The Balaban J connectivity index is 2.86. The highest BCUT2D eigenvalue weighted by Crippen LogP contribution is 2.10. The van der Waals surface area contributed by atoms with Crippen LogP contribution in [0.1, 0.15) is 36.6 Å². The number of rotatable bonds is 8. The van der Waals surface area contributed by atoms with Crippen molar-refractivity contribution in [1.29, 1.82) is 5.41 Å². The van der Waals surface area contributed by atoms with Gasteiger partial charge < -0.3 is 10.3 Å². The molecular formula is C17H21ClN4O. The number of H-pyrrole nitrogens is 1. The van der Waals surface area contributed by atoms with E-state index in [0.29, 0.717) is 11.5 Å². The fourth-order valence-electron chi connectivity index (χ4n) is 1.96. The smallest absolute Gasteiger partial charge is 0.269 e. The van der Waals surface area contributed by atoms with Gasteiger partial charge in [0.25, 0.3) is 5.91 Å². The SMILES string of the molecule is C=C/C=C(\C=C/C)C(CC)NC(=O)c1cnc(/C=C\C(=N)Cl)[nH]1. The normalized spacial score (nSPS) is 13.4. The Morgan fingerprint density at radius 3 is 2.87 bits per heavy atom. The van der Waals surface area contributed by atoms with Crippen LogP contribution < -0.4 is 5.32 Å². The Bertz CT molecular complexity index is 655. The van der Waals surface area contributed by atoms with E-state index in [9.17, 15) is 4.79 Å². The van der Waals surface area contributed by atoms with Gasteiger partial charge in [0, 0.05) is 0 Å². The second kappa shape index (κ2) is 9.58. The molecule has 0 aliphatic carbocycles. The van der Waals surface area contributed by atoms with Crippen molar-refractivity contribution in [1.82, 2.24) is 15.3 Å². The number of hydrogen-bond donors (Lipinski definition) is 3. The minimum atomic E-state index is -0.246. The van der Waals surface area contributed by atoms with E-state index in [2.05, 4.69) is 21.9 Å². The number of carbonyl (C=O) groups excluding carboxylic acids is 1. The molecule has 0 radical (unpaired) electrons. The van der Waals surface area contributed by atoms with Gasteiger partial charge in [-0.1, -0.05) is 49.4 Å². The van der Waals surface area contributed by atoms with E-state index in [1.807, 2.05) is 32.1 Å². The van der Waals surface area contributed by atoms with Gasteiger partial charge in [-0.05, 0) is 31.1 Å². The maximum Gasteiger partial charge on any atom is 0.269 e. The van der Waals surface area contributed by atoms with E-state index in [4.69, 9.17) is 17.0 Å². The summed E-state index contributed by atoms with van der Waals surface area (Å²) in [6.45, 7) is 7.62. The summed E-state index contributed by atoms with van der Waals surface area (Å²) in [4.78, 5) is 19.3. The van der Waals surface area contributed by atoms with Crippen LogP contribution >= 0.6 is 11.6 Å². The number of imidazole rings is 1. The van der Waals surface area contributed by atoms with Gasteiger partial charge in [0.1, 0.15) is 16.7 Å². The van der Waals surface area contributed by atoms with Gasteiger partial charge in [-0.2, -0.15) is 0 Å². The summed E-state index contributed by atoms with van der Waals surface area (Å²) in [5.41, 5.74) is 1.33. The minimum Gasteiger partial charge on any atom is -0.344 e. The molecule has 1 aromatic heterocycles. The van der Waals surface area contributed by atoms with Crippen molar-refractivity contribution in [3.63, 3.8) is 0 Å². The summed E-state index contributed by atoms with van der Waals surface area (Å²) >= 11 is 5.43. The maximum absolute atomic E-state index is 12.3. The zero-order chi connectivity index (χ0) is 17.2. The molecular weight excluding hydrogens is 312 g/mol. The summed E-state index contributed by atoms with van der Waals surface area (Å²) in [7, 11) is 0. The van der Waals surface area contributed by atoms with Gasteiger partial charge in [0.2, 0.25) is 0 Å². The lowest BCUT2D eigenvalue weighted by molar-refractivity contribution is 0.0938. The monoisotopic (exact) mass is 332 g/mol.